The maximum Gasteiger partial charge on any atom is 0.0847 e. The highest BCUT2D eigenvalue weighted by atomic mass is 16.3. The van der Waals surface area contributed by atoms with E-state index in [1.165, 1.54) is 19.3 Å². The second-order valence-electron chi connectivity index (χ2n) is 3.13. The fraction of sp³-hybridized carbons (Fsp3) is 0.800. The number of hydrogen-bond donors (Lipinski definition) is 0. The standard InChI is InChI=1S/C10H19O/c1-3-4-5-6-7-8-10(2)9-11/h3-4,10H,5-9H2,1-2H3/b4-3+. The van der Waals surface area contributed by atoms with Crippen molar-refractivity contribution in [2.24, 2.45) is 5.92 Å². The highest BCUT2D eigenvalue weighted by Crippen LogP contribution is 2.08. The summed E-state index contributed by atoms with van der Waals surface area (Å²) in [6, 6.07) is 0. The van der Waals surface area contributed by atoms with Crippen LogP contribution in [0.4, 0.5) is 0 Å². The molecule has 11 heavy (non-hydrogen) atoms. The highest BCUT2D eigenvalue weighted by Gasteiger charge is 1.98. The average molecular weight is 155 g/mol. The lowest BCUT2D eigenvalue weighted by molar-refractivity contribution is 0.145. The van der Waals surface area contributed by atoms with Crippen LogP contribution in [-0.2, 0) is 5.11 Å². The van der Waals surface area contributed by atoms with Gasteiger partial charge in [0.1, 0.15) is 0 Å². The van der Waals surface area contributed by atoms with Crippen molar-refractivity contribution in [2.75, 3.05) is 6.61 Å². The number of hydrogen-bond acceptors (Lipinski definition) is 0. The third kappa shape index (κ3) is 7.60. The maximum atomic E-state index is 10.3. The molecule has 0 heterocycles. The molecule has 0 spiro atoms. The third-order valence-electron chi connectivity index (χ3n) is 1.84. The van der Waals surface area contributed by atoms with Crippen molar-refractivity contribution in [1.82, 2.24) is 0 Å². The average Bonchev–Trinajstić information content (AvgIpc) is 2.04. The van der Waals surface area contributed by atoms with Gasteiger partial charge in [0, 0.05) is 0 Å². The van der Waals surface area contributed by atoms with Crippen molar-refractivity contribution >= 4 is 0 Å². The number of allylic oxidation sites excluding steroid dienone is 2. The van der Waals surface area contributed by atoms with Crippen molar-refractivity contribution in [3.63, 3.8) is 0 Å². The first kappa shape index (κ1) is 10.7. The minimum atomic E-state index is 0.0869. The second kappa shape index (κ2) is 7.80. The fourth-order valence-electron chi connectivity index (χ4n) is 1.00. The zero-order valence-electron chi connectivity index (χ0n) is 7.68. The Kier molecular flexibility index (Phi) is 7.59. The maximum absolute atomic E-state index is 10.3. The predicted octanol–water partition coefficient (Wildman–Crippen LogP) is 3.19. The van der Waals surface area contributed by atoms with Gasteiger partial charge in [0.25, 0.3) is 0 Å². The first-order valence-electron chi connectivity index (χ1n) is 4.50. The molecule has 0 saturated carbocycles. The predicted molar refractivity (Wildman–Crippen MR) is 48.0 cm³/mol. The molecular formula is C10H19O. The molecule has 0 fully saturated rings. The van der Waals surface area contributed by atoms with E-state index >= 15 is 0 Å². The Labute approximate surface area is 70.1 Å². The van der Waals surface area contributed by atoms with Gasteiger partial charge in [-0.3, -0.25) is 0 Å². The van der Waals surface area contributed by atoms with Crippen LogP contribution >= 0.6 is 0 Å². The molecule has 1 radical (unpaired) electrons. The first-order chi connectivity index (χ1) is 5.31. The van der Waals surface area contributed by atoms with Gasteiger partial charge in [-0.15, -0.1) is 0 Å². The van der Waals surface area contributed by atoms with Crippen molar-refractivity contribution in [3.8, 4) is 0 Å². The molecule has 0 saturated heterocycles. The lowest BCUT2D eigenvalue weighted by Crippen LogP contribution is -1.98. The molecular weight excluding hydrogens is 136 g/mol. The van der Waals surface area contributed by atoms with Gasteiger partial charge in [-0.2, -0.15) is 0 Å². The molecule has 0 amide bonds. The Morgan fingerprint density at radius 1 is 1.36 bits per heavy atom. The Bertz CT molecular complexity index is 97.0. The minimum Gasteiger partial charge on any atom is -0.236 e. The van der Waals surface area contributed by atoms with Crippen LogP contribution in [0, 0.1) is 5.92 Å². The molecule has 1 atom stereocenters. The molecule has 65 valence electrons. The molecule has 1 nitrogen and oxygen atoms in total. The smallest absolute Gasteiger partial charge is 0.0847 e. The number of rotatable bonds is 6. The fourth-order valence-corrected chi connectivity index (χ4v) is 1.00. The van der Waals surface area contributed by atoms with Crippen molar-refractivity contribution in [3.05, 3.63) is 12.2 Å². The van der Waals surface area contributed by atoms with Crippen LogP contribution < -0.4 is 0 Å². The summed E-state index contributed by atoms with van der Waals surface area (Å²) >= 11 is 0. The van der Waals surface area contributed by atoms with Crippen molar-refractivity contribution < 1.29 is 5.11 Å². The van der Waals surface area contributed by atoms with Gasteiger partial charge in [0.05, 0.1) is 6.61 Å². The van der Waals surface area contributed by atoms with Crippen LogP contribution in [0.1, 0.15) is 39.5 Å². The van der Waals surface area contributed by atoms with Gasteiger partial charge in [-0.05, 0) is 32.1 Å². The molecule has 0 aromatic rings. The van der Waals surface area contributed by atoms with Crippen LogP contribution in [0.5, 0.6) is 0 Å². The largest absolute Gasteiger partial charge is 0.236 e. The molecule has 0 aliphatic carbocycles. The topological polar surface area (TPSA) is 19.9 Å². The van der Waals surface area contributed by atoms with Gasteiger partial charge in [0.15, 0.2) is 0 Å². The number of unbranched alkanes of at least 4 members (excludes halogenated alkanes) is 2. The summed E-state index contributed by atoms with van der Waals surface area (Å²) in [6.07, 6.45) is 8.96. The highest BCUT2D eigenvalue weighted by molar-refractivity contribution is 4.76. The van der Waals surface area contributed by atoms with Crippen molar-refractivity contribution in [1.29, 1.82) is 0 Å². The Balaban J connectivity index is 3.01. The summed E-state index contributed by atoms with van der Waals surface area (Å²) in [6.45, 7) is 4.16. The third-order valence-corrected chi connectivity index (χ3v) is 1.84. The van der Waals surface area contributed by atoms with E-state index in [1.807, 2.05) is 13.8 Å². The van der Waals surface area contributed by atoms with Gasteiger partial charge >= 0.3 is 0 Å². The van der Waals surface area contributed by atoms with Gasteiger partial charge in [0.2, 0.25) is 0 Å². The van der Waals surface area contributed by atoms with Crippen molar-refractivity contribution in [2.45, 2.75) is 39.5 Å². The molecule has 1 heteroatoms. The van der Waals surface area contributed by atoms with Crippen LogP contribution in [0.15, 0.2) is 12.2 Å². The molecule has 0 bridgehead atoms. The van der Waals surface area contributed by atoms with E-state index in [2.05, 4.69) is 12.2 Å². The van der Waals surface area contributed by atoms with Crippen LogP contribution in [0.2, 0.25) is 0 Å². The van der Waals surface area contributed by atoms with Gasteiger partial charge in [-0.25, -0.2) is 5.11 Å². The lowest BCUT2D eigenvalue weighted by Gasteiger charge is -2.03. The molecule has 0 N–H and O–H groups in total. The Morgan fingerprint density at radius 2 is 2.09 bits per heavy atom. The molecule has 0 aliphatic rings. The summed E-state index contributed by atoms with van der Waals surface area (Å²) in [5, 5.41) is 10.3. The summed E-state index contributed by atoms with van der Waals surface area (Å²) in [4.78, 5) is 0. The van der Waals surface area contributed by atoms with E-state index in [4.69, 9.17) is 0 Å². The second-order valence-corrected chi connectivity index (χ2v) is 3.13. The quantitative estimate of drug-likeness (QED) is 0.414. The SMILES string of the molecule is C/C=C/CCCCC(C)C[O]. The van der Waals surface area contributed by atoms with Crippen LogP contribution in [0.3, 0.4) is 0 Å². The molecule has 0 aromatic carbocycles. The minimum absolute atomic E-state index is 0.0869. The van der Waals surface area contributed by atoms with E-state index < -0.39 is 0 Å². The van der Waals surface area contributed by atoms with Crippen LogP contribution in [-0.4, -0.2) is 6.61 Å². The molecule has 1 unspecified atom stereocenters. The van der Waals surface area contributed by atoms with E-state index in [9.17, 15) is 5.11 Å². The first-order valence-corrected chi connectivity index (χ1v) is 4.50. The summed E-state index contributed by atoms with van der Waals surface area (Å²) in [5.74, 6) is 0.376. The lowest BCUT2D eigenvalue weighted by atomic mass is 10.0. The normalized spacial score (nSPS) is 14.1. The Morgan fingerprint density at radius 3 is 2.64 bits per heavy atom. The van der Waals surface area contributed by atoms with Crippen LogP contribution in [0.25, 0.3) is 0 Å². The van der Waals surface area contributed by atoms with Gasteiger partial charge in [-0.1, -0.05) is 25.5 Å². The summed E-state index contributed by atoms with van der Waals surface area (Å²) in [7, 11) is 0. The van der Waals surface area contributed by atoms with E-state index in [0.29, 0.717) is 5.92 Å². The summed E-state index contributed by atoms with van der Waals surface area (Å²) < 4.78 is 0. The summed E-state index contributed by atoms with van der Waals surface area (Å²) in [5.41, 5.74) is 0. The van der Waals surface area contributed by atoms with E-state index in [0.717, 1.165) is 6.42 Å². The molecule has 0 aliphatic heterocycles. The molecule has 0 aromatic heterocycles. The van der Waals surface area contributed by atoms with E-state index in [1.54, 1.807) is 0 Å². The monoisotopic (exact) mass is 155 g/mol. The van der Waals surface area contributed by atoms with Gasteiger partial charge < -0.3 is 0 Å². The zero-order valence-corrected chi connectivity index (χ0v) is 7.68. The Hall–Kier alpha value is -0.300. The zero-order chi connectivity index (χ0) is 8.53. The van der Waals surface area contributed by atoms with E-state index in [-0.39, 0.29) is 6.61 Å². The molecule has 0 rings (SSSR count).